The Morgan fingerprint density at radius 2 is 1.60 bits per heavy atom. The molecular weight excluding hydrogens is 314 g/mol. The average molecular weight is 339 g/mol. The number of carbonyl (C=O) groups is 2. The molecule has 0 bridgehead atoms. The van der Waals surface area contributed by atoms with Crippen molar-refractivity contribution in [2.75, 3.05) is 0 Å². The highest BCUT2D eigenvalue weighted by atomic mass is 16.5. The minimum absolute atomic E-state index is 0.142. The van der Waals surface area contributed by atoms with Crippen LogP contribution in [0.15, 0.2) is 54.6 Å². The highest BCUT2D eigenvalue weighted by molar-refractivity contribution is 5.94. The van der Waals surface area contributed by atoms with E-state index in [1.54, 1.807) is 31.2 Å². The van der Waals surface area contributed by atoms with Crippen LogP contribution in [-0.4, -0.2) is 17.9 Å². The predicted octanol–water partition coefficient (Wildman–Crippen LogP) is 4.06. The molecule has 4 nitrogen and oxygen atoms in total. The summed E-state index contributed by atoms with van der Waals surface area (Å²) in [6.07, 6.45) is 0.142. The highest BCUT2D eigenvalue weighted by Crippen LogP contribution is 2.15. The van der Waals surface area contributed by atoms with Gasteiger partial charge in [-0.25, -0.2) is 0 Å². The van der Waals surface area contributed by atoms with Crippen LogP contribution < -0.4 is 5.32 Å². The quantitative estimate of drug-likeness (QED) is 0.774. The molecule has 0 spiro atoms. The largest absolute Gasteiger partial charge is 0.461 e. The maximum absolute atomic E-state index is 12.0. The molecule has 2 aromatic carbocycles. The first-order valence-corrected chi connectivity index (χ1v) is 8.56. The van der Waals surface area contributed by atoms with Gasteiger partial charge >= 0.3 is 5.97 Å². The number of nitrogens with one attached hydrogen (secondary N) is 1. The molecule has 1 atom stereocenters. The molecule has 0 saturated heterocycles. The van der Waals surface area contributed by atoms with E-state index in [2.05, 4.69) is 31.3 Å². The number of esters is 1. The third kappa shape index (κ3) is 6.07. The third-order valence-corrected chi connectivity index (χ3v) is 3.93. The number of hydrogen-bond acceptors (Lipinski definition) is 3. The van der Waals surface area contributed by atoms with Gasteiger partial charge in [0.2, 0.25) is 0 Å². The van der Waals surface area contributed by atoms with Crippen molar-refractivity contribution >= 4 is 11.9 Å². The molecule has 2 rings (SSSR count). The van der Waals surface area contributed by atoms with Crippen LogP contribution in [0.5, 0.6) is 0 Å². The van der Waals surface area contributed by atoms with E-state index in [4.69, 9.17) is 4.74 Å². The number of amides is 1. The van der Waals surface area contributed by atoms with E-state index in [0.29, 0.717) is 11.5 Å². The second-order valence-corrected chi connectivity index (χ2v) is 6.50. The zero-order valence-electron chi connectivity index (χ0n) is 15.0. The molecule has 0 aliphatic rings. The SMILES string of the molecule is CC(CC(=O)OCc1ccc(C(C)C)cc1)NC(=O)c1ccccc1. The first kappa shape index (κ1) is 18.7. The molecule has 0 fully saturated rings. The van der Waals surface area contributed by atoms with Crippen LogP contribution in [0.3, 0.4) is 0 Å². The zero-order valence-corrected chi connectivity index (χ0v) is 15.0. The van der Waals surface area contributed by atoms with E-state index in [-0.39, 0.29) is 30.9 Å². The normalized spacial score (nSPS) is 11.8. The molecule has 2 aromatic rings. The van der Waals surface area contributed by atoms with Crippen molar-refractivity contribution in [1.82, 2.24) is 5.32 Å². The van der Waals surface area contributed by atoms with E-state index >= 15 is 0 Å². The summed E-state index contributed by atoms with van der Waals surface area (Å²) in [5.74, 6) is -0.0374. The van der Waals surface area contributed by atoms with Crippen LogP contribution in [0.2, 0.25) is 0 Å². The predicted molar refractivity (Wildman–Crippen MR) is 98.3 cm³/mol. The molecular formula is C21H25NO3. The van der Waals surface area contributed by atoms with Crippen LogP contribution in [0.1, 0.15) is 54.6 Å². The van der Waals surface area contributed by atoms with Crippen LogP contribution in [0.4, 0.5) is 0 Å². The van der Waals surface area contributed by atoms with Gasteiger partial charge in [-0.3, -0.25) is 9.59 Å². The fourth-order valence-electron chi connectivity index (χ4n) is 2.42. The summed E-state index contributed by atoms with van der Waals surface area (Å²) < 4.78 is 5.30. The van der Waals surface area contributed by atoms with E-state index in [1.807, 2.05) is 18.2 Å². The van der Waals surface area contributed by atoms with Crippen molar-refractivity contribution in [2.45, 2.75) is 45.8 Å². The molecule has 4 heteroatoms. The summed E-state index contributed by atoms with van der Waals surface area (Å²) in [7, 11) is 0. The van der Waals surface area contributed by atoms with Crippen molar-refractivity contribution in [2.24, 2.45) is 0 Å². The van der Waals surface area contributed by atoms with Gasteiger partial charge in [0.05, 0.1) is 6.42 Å². The number of rotatable bonds is 7. The summed E-state index contributed by atoms with van der Waals surface area (Å²) >= 11 is 0. The van der Waals surface area contributed by atoms with Crippen LogP contribution in [0, 0.1) is 0 Å². The molecule has 0 aliphatic carbocycles. The Hall–Kier alpha value is -2.62. The molecule has 1 amide bonds. The van der Waals surface area contributed by atoms with Crippen molar-refractivity contribution in [3.8, 4) is 0 Å². The minimum Gasteiger partial charge on any atom is -0.461 e. The van der Waals surface area contributed by atoms with Crippen molar-refractivity contribution in [1.29, 1.82) is 0 Å². The van der Waals surface area contributed by atoms with Crippen LogP contribution in [0.25, 0.3) is 0 Å². The van der Waals surface area contributed by atoms with Gasteiger partial charge in [0.25, 0.3) is 5.91 Å². The second-order valence-electron chi connectivity index (χ2n) is 6.50. The maximum atomic E-state index is 12.0. The van der Waals surface area contributed by atoms with E-state index in [9.17, 15) is 9.59 Å². The zero-order chi connectivity index (χ0) is 18.2. The monoisotopic (exact) mass is 339 g/mol. The van der Waals surface area contributed by atoms with Crippen LogP contribution >= 0.6 is 0 Å². The molecule has 0 aromatic heterocycles. The molecule has 0 radical (unpaired) electrons. The van der Waals surface area contributed by atoms with Gasteiger partial charge in [-0.15, -0.1) is 0 Å². The molecule has 25 heavy (non-hydrogen) atoms. The number of ether oxygens (including phenoxy) is 1. The second kappa shape index (κ2) is 9.02. The summed E-state index contributed by atoms with van der Waals surface area (Å²) in [6, 6.07) is 16.7. The summed E-state index contributed by atoms with van der Waals surface area (Å²) in [4.78, 5) is 24.0. The summed E-state index contributed by atoms with van der Waals surface area (Å²) in [5.41, 5.74) is 2.79. The Labute approximate surface area is 149 Å². The van der Waals surface area contributed by atoms with E-state index in [1.165, 1.54) is 5.56 Å². The smallest absolute Gasteiger partial charge is 0.308 e. The van der Waals surface area contributed by atoms with Crippen LogP contribution in [-0.2, 0) is 16.1 Å². The molecule has 0 aliphatic heterocycles. The van der Waals surface area contributed by atoms with Crippen molar-refractivity contribution < 1.29 is 14.3 Å². The Morgan fingerprint density at radius 1 is 0.960 bits per heavy atom. The van der Waals surface area contributed by atoms with Crippen molar-refractivity contribution in [3.63, 3.8) is 0 Å². The first-order valence-electron chi connectivity index (χ1n) is 8.56. The number of benzene rings is 2. The van der Waals surface area contributed by atoms with E-state index in [0.717, 1.165) is 5.56 Å². The van der Waals surface area contributed by atoms with Gasteiger partial charge in [-0.05, 0) is 36.1 Å². The molecule has 132 valence electrons. The Kier molecular flexibility index (Phi) is 6.75. The average Bonchev–Trinajstić information content (AvgIpc) is 2.61. The molecule has 1 N–H and O–H groups in total. The Balaban J connectivity index is 1.76. The minimum atomic E-state index is -0.325. The lowest BCUT2D eigenvalue weighted by Gasteiger charge is -2.14. The lowest BCUT2D eigenvalue weighted by Crippen LogP contribution is -2.34. The van der Waals surface area contributed by atoms with Gasteiger partial charge in [0.15, 0.2) is 0 Å². The van der Waals surface area contributed by atoms with E-state index < -0.39 is 0 Å². The molecule has 0 heterocycles. The summed E-state index contributed by atoms with van der Waals surface area (Å²) in [5, 5.41) is 2.81. The Morgan fingerprint density at radius 3 is 2.20 bits per heavy atom. The lowest BCUT2D eigenvalue weighted by molar-refractivity contribution is -0.145. The summed E-state index contributed by atoms with van der Waals surface area (Å²) in [6.45, 7) is 6.32. The van der Waals surface area contributed by atoms with Gasteiger partial charge in [0, 0.05) is 11.6 Å². The highest BCUT2D eigenvalue weighted by Gasteiger charge is 2.14. The fraction of sp³-hybridized carbons (Fsp3) is 0.333. The molecule has 1 unspecified atom stereocenters. The van der Waals surface area contributed by atoms with Gasteiger partial charge in [0.1, 0.15) is 6.61 Å². The number of hydrogen-bond donors (Lipinski definition) is 1. The molecule has 0 saturated carbocycles. The third-order valence-electron chi connectivity index (χ3n) is 3.93. The topological polar surface area (TPSA) is 55.4 Å². The van der Waals surface area contributed by atoms with Crippen molar-refractivity contribution in [3.05, 3.63) is 71.3 Å². The van der Waals surface area contributed by atoms with Gasteiger partial charge in [-0.2, -0.15) is 0 Å². The maximum Gasteiger partial charge on any atom is 0.308 e. The number of carbonyl (C=O) groups excluding carboxylic acids is 2. The van der Waals surface area contributed by atoms with Gasteiger partial charge < -0.3 is 10.1 Å². The Bertz CT molecular complexity index is 693. The van der Waals surface area contributed by atoms with Gasteiger partial charge in [-0.1, -0.05) is 56.3 Å². The fourth-order valence-corrected chi connectivity index (χ4v) is 2.42. The standard InChI is InChI=1S/C21H25NO3/c1-15(2)18-11-9-17(10-12-18)14-25-20(23)13-16(3)22-21(24)19-7-5-4-6-8-19/h4-12,15-16H,13-14H2,1-3H3,(H,22,24). The lowest BCUT2D eigenvalue weighted by atomic mass is 10.0. The first-order chi connectivity index (χ1) is 12.0.